The Bertz CT molecular complexity index is 314. The Labute approximate surface area is 112 Å². The van der Waals surface area contributed by atoms with Crippen LogP contribution in [0.5, 0.6) is 5.75 Å². The van der Waals surface area contributed by atoms with Gasteiger partial charge in [0.15, 0.2) is 0 Å². The van der Waals surface area contributed by atoms with E-state index >= 15 is 0 Å². The van der Waals surface area contributed by atoms with Crippen LogP contribution in [0.4, 0.5) is 0 Å². The molecule has 1 unspecified atom stereocenters. The lowest BCUT2D eigenvalue weighted by Gasteiger charge is -2.18. The second kappa shape index (κ2) is 7.69. The minimum Gasteiger partial charge on any atom is -0.492 e. The second-order valence-electron chi connectivity index (χ2n) is 4.42. The Morgan fingerprint density at radius 1 is 1.29 bits per heavy atom. The minimum atomic E-state index is 0.485. The zero-order valence-corrected chi connectivity index (χ0v) is 12.3. The summed E-state index contributed by atoms with van der Waals surface area (Å²) in [6.07, 6.45) is 0. The van der Waals surface area contributed by atoms with Crippen LogP contribution in [0.15, 0.2) is 28.7 Å². The summed E-state index contributed by atoms with van der Waals surface area (Å²) in [6.45, 7) is 4.78. The van der Waals surface area contributed by atoms with E-state index in [9.17, 15) is 0 Å². The zero-order chi connectivity index (χ0) is 12.7. The summed E-state index contributed by atoms with van der Waals surface area (Å²) in [4.78, 5) is 2.17. The number of hydrogen-bond acceptors (Lipinski definition) is 3. The molecule has 3 nitrogen and oxygen atoms in total. The normalized spacial score (nSPS) is 12.8. The van der Waals surface area contributed by atoms with Crippen LogP contribution in [0.25, 0.3) is 0 Å². The van der Waals surface area contributed by atoms with Crippen molar-refractivity contribution in [2.75, 3.05) is 33.8 Å². The molecule has 17 heavy (non-hydrogen) atoms. The van der Waals surface area contributed by atoms with Gasteiger partial charge in [-0.1, -0.05) is 15.9 Å². The number of rotatable bonds is 7. The van der Waals surface area contributed by atoms with E-state index in [0.29, 0.717) is 12.6 Å². The molecule has 1 N–H and O–H groups in total. The Morgan fingerprint density at radius 2 is 1.94 bits per heavy atom. The van der Waals surface area contributed by atoms with Crippen molar-refractivity contribution in [1.82, 2.24) is 10.2 Å². The number of nitrogens with one attached hydrogen (secondary N) is 1. The lowest BCUT2D eigenvalue weighted by Crippen LogP contribution is -2.37. The van der Waals surface area contributed by atoms with E-state index in [1.54, 1.807) is 0 Å². The number of halogens is 1. The summed E-state index contributed by atoms with van der Waals surface area (Å²) in [5.74, 6) is 0.912. The highest BCUT2D eigenvalue weighted by Gasteiger charge is 2.01. The number of benzene rings is 1. The van der Waals surface area contributed by atoms with Gasteiger partial charge in [-0.2, -0.15) is 0 Å². The first-order chi connectivity index (χ1) is 8.08. The third-order valence-electron chi connectivity index (χ3n) is 2.32. The molecule has 0 radical (unpaired) electrons. The second-order valence-corrected chi connectivity index (χ2v) is 5.34. The molecule has 0 heterocycles. The molecular formula is C13H21BrN2O. The van der Waals surface area contributed by atoms with Crippen LogP contribution in [0.2, 0.25) is 0 Å². The lowest BCUT2D eigenvalue weighted by molar-refractivity contribution is 0.291. The lowest BCUT2D eigenvalue weighted by atomic mass is 10.3. The van der Waals surface area contributed by atoms with E-state index in [-0.39, 0.29) is 0 Å². The summed E-state index contributed by atoms with van der Waals surface area (Å²) in [5.41, 5.74) is 0. The van der Waals surface area contributed by atoms with Gasteiger partial charge in [0, 0.05) is 23.6 Å². The van der Waals surface area contributed by atoms with Crippen LogP contribution in [0.3, 0.4) is 0 Å². The first-order valence-corrected chi connectivity index (χ1v) is 6.63. The summed E-state index contributed by atoms with van der Waals surface area (Å²) >= 11 is 3.40. The van der Waals surface area contributed by atoms with Crippen LogP contribution < -0.4 is 10.1 Å². The van der Waals surface area contributed by atoms with Crippen molar-refractivity contribution < 1.29 is 4.74 Å². The molecular weight excluding hydrogens is 280 g/mol. The number of ether oxygens (including phenoxy) is 1. The molecule has 0 spiro atoms. The van der Waals surface area contributed by atoms with Crippen molar-refractivity contribution in [2.24, 2.45) is 0 Å². The topological polar surface area (TPSA) is 24.5 Å². The van der Waals surface area contributed by atoms with Crippen LogP contribution in [-0.4, -0.2) is 44.7 Å². The summed E-state index contributed by atoms with van der Waals surface area (Å²) in [5, 5.41) is 3.42. The molecule has 0 saturated heterocycles. The SMILES string of the molecule is CC(CN(C)C)NCCOc1ccc(Br)cc1. The van der Waals surface area contributed by atoms with E-state index in [1.165, 1.54) is 0 Å². The predicted octanol–water partition coefficient (Wildman–Crippen LogP) is 2.37. The molecule has 0 amide bonds. The molecule has 0 aliphatic heterocycles. The highest BCUT2D eigenvalue weighted by molar-refractivity contribution is 9.10. The van der Waals surface area contributed by atoms with Gasteiger partial charge in [0.25, 0.3) is 0 Å². The molecule has 1 atom stereocenters. The first kappa shape index (κ1) is 14.5. The summed E-state index contributed by atoms with van der Waals surface area (Å²) in [6, 6.07) is 8.38. The van der Waals surface area contributed by atoms with Gasteiger partial charge >= 0.3 is 0 Å². The third-order valence-corrected chi connectivity index (χ3v) is 2.84. The van der Waals surface area contributed by atoms with E-state index in [0.717, 1.165) is 23.3 Å². The fourth-order valence-corrected chi connectivity index (χ4v) is 1.88. The Balaban J connectivity index is 2.13. The van der Waals surface area contributed by atoms with E-state index in [4.69, 9.17) is 4.74 Å². The Hall–Kier alpha value is -0.580. The van der Waals surface area contributed by atoms with Gasteiger partial charge < -0.3 is 15.0 Å². The van der Waals surface area contributed by atoms with Crippen molar-refractivity contribution in [2.45, 2.75) is 13.0 Å². The third kappa shape index (κ3) is 6.66. The monoisotopic (exact) mass is 300 g/mol. The number of nitrogens with zero attached hydrogens (tertiary/aromatic N) is 1. The fourth-order valence-electron chi connectivity index (χ4n) is 1.62. The van der Waals surface area contributed by atoms with E-state index in [1.807, 2.05) is 24.3 Å². The quantitative estimate of drug-likeness (QED) is 0.783. The Morgan fingerprint density at radius 3 is 2.53 bits per heavy atom. The Kier molecular flexibility index (Phi) is 6.55. The van der Waals surface area contributed by atoms with Crippen molar-refractivity contribution in [3.05, 3.63) is 28.7 Å². The van der Waals surface area contributed by atoms with Crippen molar-refractivity contribution in [3.8, 4) is 5.75 Å². The standard InChI is InChI=1S/C13H21BrN2O/c1-11(10-16(2)3)15-8-9-17-13-6-4-12(14)5-7-13/h4-7,11,15H,8-10H2,1-3H3. The van der Waals surface area contributed by atoms with Crippen LogP contribution >= 0.6 is 15.9 Å². The fraction of sp³-hybridized carbons (Fsp3) is 0.538. The van der Waals surface area contributed by atoms with Gasteiger partial charge in [-0.3, -0.25) is 0 Å². The van der Waals surface area contributed by atoms with E-state index < -0.39 is 0 Å². The zero-order valence-electron chi connectivity index (χ0n) is 10.7. The average Bonchev–Trinajstić information content (AvgIpc) is 2.26. The molecule has 0 aliphatic rings. The molecule has 0 aliphatic carbocycles. The van der Waals surface area contributed by atoms with Gasteiger partial charge in [0.2, 0.25) is 0 Å². The summed E-state index contributed by atoms with van der Waals surface area (Å²) < 4.78 is 6.69. The number of hydrogen-bond donors (Lipinski definition) is 1. The van der Waals surface area contributed by atoms with Crippen LogP contribution in [0, 0.1) is 0 Å². The highest BCUT2D eigenvalue weighted by atomic mass is 79.9. The first-order valence-electron chi connectivity index (χ1n) is 5.84. The molecule has 1 aromatic carbocycles. The van der Waals surface area contributed by atoms with Crippen molar-refractivity contribution in [3.63, 3.8) is 0 Å². The van der Waals surface area contributed by atoms with Crippen molar-refractivity contribution >= 4 is 15.9 Å². The maximum atomic E-state index is 5.62. The van der Waals surface area contributed by atoms with Crippen molar-refractivity contribution in [1.29, 1.82) is 0 Å². The van der Waals surface area contributed by atoms with Gasteiger partial charge in [-0.15, -0.1) is 0 Å². The van der Waals surface area contributed by atoms with Crippen LogP contribution in [0.1, 0.15) is 6.92 Å². The molecule has 1 aromatic rings. The molecule has 0 bridgehead atoms. The molecule has 96 valence electrons. The molecule has 0 fully saturated rings. The van der Waals surface area contributed by atoms with Gasteiger partial charge in [-0.25, -0.2) is 0 Å². The summed E-state index contributed by atoms with van der Waals surface area (Å²) in [7, 11) is 4.16. The molecule has 4 heteroatoms. The van der Waals surface area contributed by atoms with Gasteiger partial charge in [0.05, 0.1) is 0 Å². The minimum absolute atomic E-state index is 0.485. The maximum absolute atomic E-state index is 5.62. The predicted molar refractivity (Wildman–Crippen MR) is 75.7 cm³/mol. The molecule has 0 saturated carbocycles. The maximum Gasteiger partial charge on any atom is 0.119 e. The van der Waals surface area contributed by atoms with Crippen LogP contribution in [-0.2, 0) is 0 Å². The number of likely N-dealkylation sites (N-methyl/N-ethyl adjacent to an activating group) is 1. The largest absolute Gasteiger partial charge is 0.492 e. The average molecular weight is 301 g/mol. The van der Waals surface area contributed by atoms with Gasteiger partial charge in [-0.05, 0) is 45.3 Å². The smallest absolute Gasteiger partial charge is 0.119 e. The van der Waals surface area contributed by atoms with Gasteiger partial charge in [0.1, 0.15) is 12.4 Å². The highest BCUT2D eigenvalue weighted by Crippen LogP contribution is 2.15. The molecule has 0 aromatic heterocycles. The van der Waals surface area contributed by atoms with E-state index in [2.05, 4.69) is 47.2 Å². The molecule has 1 rings (SSSR count).